The van der Waals surface area contributed by atoms with Crippen LogP contribution < -0.4 is 10.2 Å². The number of aromatic amines is 1. The SMILES string of the molecule is Cc1[nH]c2ccccc2c1[C@@H]1[C@H](CC(=O)N(C2CC2)C2(C(=O)Nc3ccc(N(C)C)cc3)CCCC2)C1(C)C. The van der Waals surface area contributed by atoms with E-state index in [2.05, 4.69) is 60.2 Å². The molecule has 39 heavy (non-hydrogen) atoms. The van der Waals surface area contributed by atoms with Crippen molar-refractivity contribution in [2.75, 3.05) is 24.3 Å². The van der Waals surface area contributed by atoms with Crippen molar-refractivity contribution >= 4 is 34.1 Å². The predicted octanol–water partition coefficient (Wildman–Crippen LogP) is 6.61. The van der Waals surface area contributed by atoms with Crippen molar-refractivity contribution in [3.63, 3.8) is 0 Å². The van der Waals surface area contributed by atoms with Gasteiger partial charge in [-0.25, -0.2) is 0 Å². The van der Waals surface area contributed by atoms with Crippen LogP contribution in [0, 0.1) is 18.3 Å². The Morgan fingerprint density at radius 2 is 1.67 bits per heavy atom. The highest BCUT2D eigenvalue weighted by atomic mass is 16.2. The lowest BCUT2D eigenvalue weighted by molar-refractivity contribution is -0.146. The Labute approximate surface area is 232 Å². The standard InChI is InChI=1S/C33H42N4O2/c1-21-29(25-10-6-7-11-27(25)34-21)30-26(32(30,2)3)20-28(38)37(24-16-17-24)33(18-8-9-19-33)31(39)35-22-12-14-23(15-13-22)36(4)5/h6-7,10-15,24,26,30,34H,8-9,16-20H2,1-5H3,(H,35,39)/t26-,30-/m0/s1. The van der Waals surface area contributed by atoms with E-state index in [4.69, 9.17) is 0 Å². The summed E-state index contributed by atoms with van der Waals surface area (Å²) in [6.45, 7) is 6.75. The second-order valence-corrected chi connectivity index (χ2v) is 12.9. The molecule has 0 saturated heterocycles. The highest BCUT2D eigenvalue weighted by Crippen LogP contribution is 2.67. The molecule has 6 heteroatoms. The number of amides is 2. The van der Waals surface area contributed by atoms with E-state index in [0.717, 1.165) is 55.4 Å². The number of hydrogen-bond donors (Lipinski definition) is 2. The van der Waals surface area contributed by atoms with Crippen LogP contribution in [0.2, 0.25) is 0 Å². The van der Waals surface area contributed by atoms with Crippen LogP contribution in [0.15, 0.2) is 48.5 Å². The van der Waals surface area contributed by atoms with Crippen molar-refractivity contribution in [2.24, 2.45) is 11.3 Å². The first-order valence-corrected chi connectivity index (χ1v) is 14.6. The molecule has 3 fully saturated rings. The van der Waals surface area contributed by atoms with Crippen molar-refractivity contribution in [2.45, 2.75) is 83.2 Å². The van der Waals surface area contributed by atoms with E-state index in [1.807, 2.05) is 43.3 Å². The van der Waals surface area contributed by atoms with Gasteiger partial charge in [0.2, 0.25) is 11.8 Å². The fourth-order valence-electron chi connectivity index (χ4n) is 7.44. The molecule has 6 rings (SSSR count). The maximum atomic E-state index is 14.2. The number of hydrogen-bond acceptors (Lipinski definition) is 3. The number of nitrogens with one attached hydrogen (secondary N) is 2. The van der Waals surface area contributed by atoms with Crippen LogP contribution in [0.25, 0.3) is 10.9 Å². The highest BCUT2D eigenvalue weighted by molar-refractivity contribution is 6.01. The molecule has 2 aromatic carbocycles. The number of carbonyl (C=O) groups excluding carboxylic acids is 2. The third-order valence-electron chi connectivity index (χ3n) is 9.84. The number of carbonyl (C=O) groups is 2. The minimum Gasteiger partial charge on any atom is -0.378 e. The summed E-state index contributed by atoms with van der Waals surface area (Å²) in [7, 11) is 4.01. The Morgan fingerprint density at radius 3 is 2.31 bits per heavy atom. The molecule has 3 aliphatic carbocycles. The Morgan fingerprint density at radius 1 is 1.00 bits per heavy atom. The molecule has 2 amide bonds. The van der Waals surface area contributed by atoms with Gasteiger partial charge in [-0.05, 0) is 85.8 Å². The first-order valence-electron chi connectivity index (χ1n) is 14.6. The maximum Gasteiger partial charge on any atom is 0.250 e. The summed E-state index contributed by atoms with van der Waals surface area (Å²) in [5.41, 5.74) is 4.90. The van der Waals surface area contributed by atoms with E-state index in [1.165, 1.54) is 16.6 Å². The van der Waals surface area contributed by atoms with Crippen molar-refractivity contribution in [1.29, 1.82) is 0 Å². The predicted molar refractivity (Wildman–Crippen MR) is 158 cm³/mol. The molecule has 6 nitrogen and oxygen atoms in total. The second-order valence-electron chi connectivity index (χ2n) is 12.9. The van der Waals surface area contributed by atoms with Crippen LogP contribution >= 0.6 is 0 Å². The highest BCUT2D eigenvalue weighted by Gasteiger charge is 2.61. The van der Waals surface area contributed by atoms with Gasteiger partial charge in [0, 0.05) is 54.5 Å². The fraction of sp³-hybridized carbons (Fsp3) is 0.515. The van der Waals surface area contributed by atoms with Gasteiger partial charge in [0.25, 0.3) is 0 Å². The number of H-pyrrole nitrogens is 1. The second kappa shape index (κ2) is 9.42. The monoisotopic (exact) mass is 526 g/mol. The number of nitrogens with zero attached hydrogens (tertiary/aromatic N) is 2. The van der Waals surface area contributed by atoms with E-state index in [-0.39, 0.29) is 29.2 Å². The molecular weight excluding hydrogens is 484 g/mol. The average molecular weight is 527 g/mol. The van der Waals surface area contributed by atoms with Crippen LogP contribution in [-0.2, 0) is 9.59 Å². The van der Waals surface area contributed by atoms with Crippen molar-refractivity contribution in [3.05, 3.63) is 59.8 Å². The molecule has 0 spiro atoms. The third-order valence-corrected chi connectivity index (χ3v) is 9.84. The Hall–Kier alpha value is -3.28. The smallest absolute Gasteiger partial charge is 0.250 e. The van der Waals surface area contributed by atoms with Gasteiger partial charge in [-0.15, -0.1) is 0 Å². The van der Waals surface area contributed by atoms with Crippen LogP contribution in [0.4, 0.5) is 11.4 Å². The van der Waals surface area contributed by atoms with Gasteiger partial charge in [0.1, 0.15) is 5.54 Å². The summed E-state index contributed by atoms with van der Waals surface area (Å²) < 4.78 is 0. The number of fused-ring (bicyclic) bond motifs is 1. The fourth-order valence-corrected chi connectivity index (χ4v) is 7.44. The van der Waals surface area contributed by atoms with Gasteiger partial charge in [-0.3, -0.25) is 9.59 Å². The molecule has 1 heterocycles. The van der Waals surface area contributed by atoms with E-state index in [9.17, 15) is 9.59 Å². The minimum absolute atomic E-state index is 0.0167. The lowest BCUT2D eigenvalue weighted by atomic mass is 9.91. The molecule has 3 aliphatic rings. The zero-order chi connectivity index (χ0) is 27.5. The Balaban J connectivity index is 1.24. The number of benzene rings is 2. The number of aromatic nitrogens is 1. The van der Waals surface area contributed by atoms with E-state index in [0.29, 0.717) is 12.3 Å². The zero-order valence-corrected chi connectivity index (χ0v) is 24.0. The average Bonchev–Trinajstić information content (AvgIpc) is 3.68. The zero-order valence-electron chi connectivity index (χ0n) is 24.0. The van der Waals surface area contributed by atoms with Gasteiger partial charge in [0.15, 0.2) is 0 Å². The normalized spacial score (nSPS) is 23.0. The van der Waals surface area contributed by atoms with E-state index < -0.39 is 5.54 Å². The van der Waals surface area contributed by atoms with Crippen LogP contribution in [0.1, 0.15) is 76.0 Å². The van der Waals surface area contributed by atoms with Crippen LogP contribution in [0.3, 0.4) is 0 Å². The molecule has 3 saturated carbocycles. The Bertz CT molecular complexity index is 1390. The molecule has 3 aromatic rings. The molecule has 2 atom stereocenters. The lowest BCUT2D eigenvalue weighted by Gasteiger charge is -2.40. The first-order chi connectivity index (χ1) is 18.6. The number of aryl methyl sites for hydroxylation is 1. The Kier molecular flexibility index (Phi) is 6.28. The molecular formula is C33H42N4O2. The van der Waals surface area contributed by atoms with Gasteiger partial charge in [-0.1, -0.05) is 44.9 Å². The third kappa shape index (κ3) is 4.42. The van der Waals surface area contributed by atoms with Gasteiger partial charge >= 0.3 is 0 Å². The van der Waals surface area contributed by atoms with Crippen LogP contribution in [0.5, 0.6) is 0 Å². The molecule has 0 aliphatic heterocycles. The largest absolute Gasteiger partial charge is 0.378 e. The van der Waals surface area contributed by atoms with Gasteiger partial charge in [0.05, 0.1) is 0 Å². The molecule has 206 valence electrons. The van der Waals surface area contributed by atoms with Crippen LogP contribution in [-0.4, -0.2) is 47.4 Å². The summed E-state index contributed by atoms with van der Waals surface area (Å²) in [5, 5.41) is 4.47. The molecule has 2 N–H and O–H groups in total. The van der Waals surface area contributed by atoms with E-state index in [1.54, 1.807) is 0 Å². The minimum atomic E-state index is -0.746. The lowest BCUT2D eigenvalue weighted by Crippen LogP contribution is -2.58. The summed E-state index contributed by atoms with van der Waals surface area (Å²) in [4.78, 5) is 35.9. The summed E-state index contributed by atoms with van der Waals surface area (Å²) in [6, 6.07) is 16.6. The molecule has 0 radical (unpaired) electrons. The summed E-state index contributed by atoms with van der Waals surface area (Å²) >= 11 is 0. The molecule has 0 bridgehead atoms. The van der Waals surface area contributed by atoms with E-state index >= 15 is 0 Å². The number of para-hydroxylation sites is 1. The summed E-state index contributed by atoms with van der Waals surface area (Å²) in [5.74, 6) is 0.749. The van der Waals surface area contributed by atoms with Crippen molar-refractivity contribution < 1.29 is 9.59 Å². The molecule has 0 unspecified atom stereocenters. The number of anilines is 2. The maximum absolute atomic E-state index is 14.2. The van der Waals surface area contributed by atoms with Gasteiger partial charge < -0.3 is 20.1 Å². The van der Waals surface area contributed by atoms with Gasteiger partial charge in [-0.2, -0.15) is 0 Å². The van der Waals surface area contributed by atoms with Crippen molar-refractivity contribution in [3.8, 4) is 0 Å². The summed E-state index contributed by atoms with van der Waals surface area (Å²) in [6.07, 6.45) is 5.95. The first kappa shape index (κ1) is 26.0. The molecule has 1 aromatic heterocycles. The topological polar surface area (TPSA) is 68.4 Å². The van der Waals surface area contributed by atoms with Crippen molar-refractivity contribution in [1.82, 2.24) is 9.88 Å². The quantitative estimate of drug-likeness (QED) is 0.347. The number of rotatable bonds is 8.